The molecule has 0 heterocycles. The molecule has 0 aromatic heterocycles. The van der Waals surface area contributed by atoms with Crippen LogP contribution >= 0.6 is 0 Å². The fourth-order valence-electron chi connectivity index (χ4n) is 1.72. The van der Waals surface area contributed by atoms with Crippen molar-refractivity contribution in [2.75, 3.05) is 5.75 Å². The van der Waals surface area contributed by atoms with Crippen molar-refractivity contribution in [1.82, 2.24) is 4.72 Å². The van der Waals surface area contributed by atoms with Crippen LogP contribution in [0.4, 0.5) is 4.79 Å². The Bertz CT molecular complexity index is 461. The molecular formula is C15H21NO3S. The summed E-state index contributed by atoms with van der Waals surface area (Å²) in [5, 5.41) is 0. The minimum Gasteiger partial charge on any atom is -0.441 e. The van der Waals surface area contributed by atoms with E-state index in [1.807, 2.05) is 37.3 Å². The summed E-state index contributed by atoms with van der Waals surface area (Å²) in [6, 6.07) is 9.40. The third-order valence-electron chi connectivity index (χ3n) is 2.75. The molecule has 1 unspecified atom stereocenters. The highest BCUT2D eigenvalue weighted by Crippen LogP contribution is 2.15. The molecule has 1 aromatic carbocycles. The van der Waals surface area contributed by atoms with Crippen molar-refractivity contribution in [3.63, 3.8) is 0 Å². The van der Waals surface area contributed by atoms with Crippen molar-refractivity contribution < 1.29 is 13.7 Å². The van der Waals surface area contributed by atoms with E-state index >= 15 is 0 Å². The molecule has 5 heteroatoms. The van der Waals surface area contributed by atoms with E-state index in [1.54, 1.807) is 13.0 Å². The zero-order valence-corrected chi connectivity index (χ0v) is 12.7. The Morgan fingerprint density at radius 1 is 1.40 bits per heavy atom. The lowest BCUT2D eigenvalue weighted by molar-refractivity contribution is 0.113. The van der Waals surface area contributed by atoms with Crippen LogP contribution in [0.15, 0.2) is 43.0 Å². The van der Waals surface area contributed by atoms with E-state index in [0.29, 0.717) is 5.75 Å². The van der Waals surface area contributed by atoms with Gasteiger partial charge in [-0.05, 0) is 24.8 Å². The number of hydrogen-bond acceptors (Lipinski definition) is 3. The van der Waals surface area contributed by atoms with Crippen LogP contribution < -0.4 is 4.72 Å². The largest absolute Gasteiger partial charge is 0.441 e. The average Bonchev–Trinajstić information content (AvgIpc) is 2.39. The highest BCUT2D eigenvalue weighted by atomic mass is 32.2. The molecule has 0 bridgehead atoms. The Hall–Kier alpha value is -1.62. The molecule has 0 fully saturated rings. The predicted octanol–water partition coefficient (Wildman–Crippen LogP) is 3.35. The summed E-state index contributed by atoms with van der Waals surface area (Å²) >= 11 is 0. The Balaban J connectivity index is 2.40. The number of ether oxygens (including phenoxy) is 1. The maximum Gasteiger partial charge on any atom is 0.419 e. The maximum absolute atomic E-state index is 11.7. The highest BCUT2D eigenvalue weighted by Gasteiger charge is 2.14. The van der Waals surface area contributed by atoms with Gasteiger partial charge in [-0.25, -0.2) is 13.7 Å². The highest BCUT2D eigenvalue weighted by molar-refractivity contribution is 7.83. The van der Waals surface area contributed by atoms with Gasteiger partial charge in [-0.1, -0.05) is 43.3 Å². The van der Waals surface area contributed by atoms with E-state index in [1.165, 1.54) is 0 Å². The number of benzene rings is 1. The molecule has 0 aliphatic heterocycles. The second kappa shape index (κ2) is 8.53. The van der Waals surface area contributed by atoms with Crippen molar-refractivity contribution in [1.29, 1.82) is 0 Å². The van der Waals surface area contributed by atoms with Crippen molar-refractivity contribution in [3.05, 3.63) is 48.6 Å². The van der Waals surface area contributed by atoms with Gasteiger partial charge < -0.3 is 4.74 Å². The second-order valence-electron chi connectivity index (χ2n) is 4.70. The van der Waals surface area contributed by atoms with Crippen LogP contribution in [-0.2, 0) is 15.7 Å². The third-order valence-corrected chi connectivity index (χ3v) is 4.02. The number of hydrogen-bond donors (Lipinski definition) is 1. The standard InChI is InChI=1S/C15H21NO3S/c1-4-8-12(2)11-20(18)16-15(17)19-13(3)14-9-6-5-7-10-14/h4-7,9-10,12-13H,1,8,11H2,2-3H3,(H,16,17)/t12-,13-,20?/m0/s1. The summed E-state index contributed by atoms with van der Waals surface area (Å²) < 4.78 is 19.3. The number of nitrogens with one attached hydrogen (secondary N) is 1. The molecule has 0 aliphatic carbocycles. The zero-order valence-electron chi connectivity index (χ0n) is 11.9. The quantitative estimate of drug-likeness (QED) is 0.785. The summed E-state index contributed by atoms with van der Waals surface area (Å²) in [5.41, 5.74) is 0.897. The minimum atomic E-state index is -1.43. The molecule has 1 rings (SSSR count). The van der Waals surface area contributed by atoms with E-state index in [0.717, 1.165) is 12.0 Å². The fourth-order valence-corrected chi connectivity index (χ4v) is 2.69. The van der Waals surface area contributed by atoms with Crippen molar-refractivity contribution in [2.24, 2.45) is 5.92 Å². The van der Waals surface area contributed by atoms with Crippen LogP contribution in [0, 0.1) is 5.92 Å². The Kier molecular flexibility index (Phi) is 7.01. The van der Waals surface area contributed by atoms with Crippen LogP contribution in [-0.4, -0.2) is 16.1 Å². The van der Waals surface area contributed by atoms with E-state index in [4.69, 9.17) is 4.74 Å². The van der Waals surface area contributed by atoms with Crippen LogP contribution in [0.5, 0.6) is 0 Å². The number of carbonyl (C=O) groups excluding carboxylic acids is 1. The first-order chi connectivity index (χ1) is 9.52. The number of carbonyl (C=O) groups is 1. The topological polar surface area (TPSA) is 55.4 Å². The lowest BCUT2D eigenvalue weighted by atomic mass is 10.1. The molecule has 110 valence electrons. The predicted molar refractivity (Wildman–Crippen MR) is 81.5 cm³/mol. The Morgan fingerprint density at radius 3 is 2.65 bits per heavy atom. The molecule has 1 aromatic rings. The summed E-state index contributed by atoms with van der Waals surface area (Å²) in [5.74, 6) is 0.598. The molecule has 20 heavy (non-hydrogen) atoms. The van der Waals surface area contributed by atoms with Crippen LogP contribution in [0.3, 0.4) is 0 Å². The van der Waals surface area contributed by atoms with Crippen LogP contribution in [0.2, 0.25) is 0 Å². The van der Waals surface area contributed by atoms with E-state index in [2.05, 4.69) is 11.3 Å². The van der Waals surface area contributed by atoms with Gasteiger partial charge >= 0.3 is 6.09 Å². The lowest BCUT2D eigenvalue weighted by Crippen LogP contribution is -2.30. The fraction of sp³-hybridized carbons (Fsp3) is 0.400. The molecule has 0 spiro atoms. The molecule has 0 saturated carbocycles. The second-order valence-corrected chi connectivity index (χ2v) is 5.93. The monoisotopic (exact) mass is 295 g/mol. The van der Waals surface area contributed by atoms with Gasteiger partial charge in [-0.2, -0.15) is 0 Å². The van der Waals surface area contributed by atoms with E-state index in [9.17, 15) is 9.00 Å². The zero-order chi connectivity index (χ0) is 15.0. The minimum absolute atomic E-state index is 0.209. The molecule has 0 radical (unpaired) electrons. The number of rotatable bonds is 7. The van der Waals surface area contributed by atoms with Gasteiger partial charge in [0.15, 0.2) is 0 Å². The maximum atomic E-state index is 11.7. The summed E-state index contributed by atoms with van der Waals surface area (Å²) in [6.45, 7) is 7.36. The first-order valence-corrected chi connectivity index (χ1v) is 7.86. The van der Waals surface area contributed by atoms with Gasteiger partial charge in [-0.3, -0.25) is 0 Å². The van der Waals surface area contributed by atoms with Gasteiger partial charge in [0.2, 0.25) is 0 Å². The normalized spacial score (nSPS) is 14.9. The molecule has 1 N–H and O–H groups in total. The lowest BCUT2D eigenvalue weighted by Gasteiger charge is -2.14. The summed E-state index contributed by atoms with van der Waals surface area (Å²) in [4.78, 5) is 11.6. The SMILES string of the molecule is C=CC[C@H](C)CS(=O)NC(=O)O[C@@H](C)c1ccccc1. The Morgan fingerprint density at radius 2 is 2.05 bits per heavy atom. The van der Waals surface area contributed by atoms with E-state index < -0.39 is 17.1 Å². The molecule has 1 amide bonds. The average molecular weight is 295 g/mol. The van der Waals surface area contributed by atoms with Gasteiger partial charge in [0.25, 0.3) is 0 Å². The molecule has 4 nitrogen and oxygen atoms in total. The summed E-state index contributed by atoms with van der Waals surface area (Å²) in [7, 11) is -1.43. The first-order valence-electron chi connectivity index (χ1n) is 6.54. The van der Waals surface area contributed by atoms with Gasteiger partial charge in [0, 0.05) is 5.75 Å². The smallest absolute Gasteiger partial charge is 0.419 e. The Labute approximate surface area is 122 Å². The molecule has 0 saturated heterocycles. The van der Waals surface area contributed by atoms with Gasteiger partial charge in [-0.15, -0.1) is 6.58 Å². The van der Waals surface area contributed by atoms with Crippen molar-refractivity contribution in [3.8, 4) is 0 Å². The number of amides is 1. The van der Waals surface area contributed by atoms with Gasteiger partial charge in [0.05, 0.1) is 0 Å². The van der Waals surface area contributed by atoms with Gasteiger partial charge in [0.1, 0.15) is 17.1 Å². The summed E-state index contributed by atoms with van der Waals surface area (Å²) in [6.07, 6.45) is 1.50. The van der Waals surface area contributed by atoms with Crippen molar-refractivity contribution >= 4 is 17.1 Å². The molecular weight excluding hydrogens is 274 g/mol. The molecule has 0 aliphatic rings. The number of allylic oxidation sites excluding steroid dienone is 1. The van der Waals surface area contributed by atoms with Crippen molar-refractivity contribution in [2.45, 2.75) is 26.4 Å². The van der Waals surface area contributed by atoms with Crippen LogP contribution in [0.25, 0.3) is 0 Å². The first kappa shape index (κ1) is 16.4. The van der Waals surface area contributed by atoms with Crippen LogP contribution in [0.1, 0.15) is 31.9 Å². The third kappa shape index (κ3) is 6.02. The van der Waals surface area contributed by atoms with E-state index in [-0.39, 0.29) is 12.0 Å². The molecule has 3 atom stereocenters.